The molecule has 3 aromatic rings. The van der Waals surface area contributed by atoms with Gasteiger partial charge in [-0.15, -0.1) is 0 Å². The Bertz CT molecular complexity index is 1090. The van der Waals surface area contributed by atoms with Gasteiger partial charge in [-0.25, -0.2) is 22.9 Å². The van der Waals surface area contributed by atoms with Gasteiger partial charge in [0.1, 0.15) is 11.6 Å². The predicted molar refractivity (Wildman–Crippen MR) is 97.6 cm³/mol. The third-order valence-corrected chi connectivity index (χ3v) is 5.10. The Morgan fingerprint density at radius 3 is 2.27 bits per heavy atom. The van der Waals surface area contributed by atoms with Crippen LogP contribution in [0, 0.1) is 13.8 Å². The summed E-state index contributed by atoms with van der Waals surface area (Å²) in [7, 11) is -4.17. The molecule has 0 fully saturated rings. The number of nitrogens with one attached hydrogen (secondary N) is 2. The topological polar surface area (TPSA) is 114 Å². The Morgan fingerprint density at radius 1 is 1.00 bits per heavy atom. The molecule has 1 aromatic heterocycles. The van der Waals surface area contributed by atoms with Crippen molar-refractivity contribution in [3.05, 3.63) is 53.1 Å². The van der Waals surface area contributed by atoms with Gasteiger partial charge in [0.2, 0.25) is 5.95 Å². The highest BCUT2D eigenvalue weighted by Gasteiger charge is 2.22. The Hall–Kier alpha value is -2.78. The molecule has 0 atom stereocenters. The highest BCUT2D eigenvalue weighted by atomic mass is 35.5. The van der Waals surface area contributed by atoms with E-state index < -0.39 is 16.1 Å². The van der Waals surface area contributed by atoms with E-state index in [4.69, 9.17) is 11.6 Å². The van der Waals surface area contributed by atoms with Gasteiger partial charge in [-0.2, -0.15) is 9.97 Å². The number of fused-ring (bicyclic) bond motifs is 1. The lowest BCUT2D eigenvalue weighted by molar-refractivity contribution is 0.256. The van der Waals surface area contributed by atoms with E-state index in [0.29, 0.717) is 22.4 Å². The van der Waals surface area contributed by atoms with Gasteiger partial charge in [-0.3, -0.25) is 5.32 Å². The first kappa shape index (κ1) is 18.0. The van der Waals surface area contributed by atoms with Crippen molar-refractivity contribution in [3.8, 4) is 0 Å². The predicted octanol–water partition coefficient (Wildman–Crippen LogP) is 2.81. The van der Waals surface area contributed by atoms with Crippen LogP contribution in [0.5, 0.6) is 0 Å². The molecule has 2 amide bonds. The van der Waals surface area contributed by atoms with Crippen LogP contribution in [0.25, 0.3) is 10.8 Å². The Balaban J connectivity index is 1.91. The number of urea groups is 1. The summed E-state index contributed by atoms with van der Waals surface area (Å²) in [6.07, 6.45) is 0. The zero-order valence-corrected chi connectivity index (χ0v) is 15.4. The monoisotopic (exact) mass is 391 g/mol. The molecular weight excluding hydrogens is 378 g/mol. The van der Waals surface area contributed by atoms with Crippen LogP contribution in [0.4, 0.5) is 10.7 Å². The summed E-state index contributed by atoms with van der Waals surface area (Å²) in [5.74, 6) is 0.756. The minimum Gasteiger partial charge on any atom is -0.275 e. The second-order valence-electron chi connectivity index (χ2n) is 5.41. The second kappa shape index (κ2) is 6.85. The van der Waals surface area contributed by atoms with E-state index in [9.17, 15) is 13.2 Å². The summed E-state index contributed by atoms with van der Waals surface area (Å²) in [5.41, 5.74) is 0. The van der Waals surface area contributed by atoms with Crippen LogP contribution in [0.3, 0.4) is 0 Å². The van der Waals surface area contributed by atoms with Crippen molar-refractivity contribution in [2.24, 2.45) is 0 Å². The average molecular weight is 392 g/mol. The fraction of sp³-hybridized carbons (Fsp3) is 0.125. The molecule has 0 unspecified atom stereocenters. The third kappa shape index (κ3) is 3.73. The molecule has 0 radical (unpaired) electrons. The lowest BCUT2D eigenvalue weighted by Crippen LogP contribution is -2.35. The van der Waals surface area contributed by atoms with Gasteiger partial charge in [0.05, 0.1) is 4.90 Å². The van der Waals surface area contributed by atoms with Crippen LogP contribution in [0.1, 0.15) is 11.6 Å². The summed E-state index contributed by atoms with van der Waals surface area (Å²) in [6.45, 7) is 3.26. The van der Waals surface area contributed by atoms with Crippen molar-refractivity contribution in [2.75, 3.05) is 5.32 Å². The van der Waals surface area contributed by atoms with Crippen molar-refractivity contribution >= 4 is 44.4 Å². The van der Waals surface area contributed by atoms with E-state index in [2.05, 4.69) is 20.3 Å². The summed E-state index contributed by atoms with van der Waals surface area (Å²) >= 11 is 6.15. The lowest BCUT2D eigenvalue weighted by atomic mass is 10.1. The fourth-order valence-electron chi connectivity index (χ4n) is 2.46. The lowest BCUT2D eigenvalue weighted by Gasteiger charge is -2.11. The number of carbonyl (C=O) groups excluding carboxylic acids is 1. The van der Waals surface area contributed by atoms with Gasteiger partial charge in [0.15, 0.2) is 0 Å². The minimum absolute atomic E-state index is 0.0429. The van der Waals surface area contributed by atoms with Crippen molar-refractivity contribution in [2.45, 2.75) is 18.7 Å². The number of amides is 2. The van der Waals surface area contributed by atoms with E-state index in [1.807, 2.05) is 4.72 Å². The largest absolute Gasteiger partial charge is 0.335 e. The van der Waals surface area contributed by atoms with Gasteiger partial charge in [-0.1, -0.05) is 35.9 Å². The molecule has 0 saturated heterocycles. The van der Waals surface area contributed by atoms with E-state index in [0.717, 1.165) is 0 Å². The zero-order valence-electron chi connectivity index (χ0n) is 13.8. The molecule has 0 spiro atoms. The number of hydrogen-bond donors (Lipinski definition) is 2. The molecule has 2 aromatic carbocycles. The van der Waals surface area contributed by atoms with Crippen LogP contribution in [-0.2, 0) is 10.0 Å². The van der Waals surface area contributed by atoms with Gasteiger partial charge in [0, 0.05) is 10.4 Å². The highest BCUT2D eigenvalue weighted by molar-refractivity contribution is 7.90. The summed E-state index contributed by atoms with van der Waals surface area (Å²) < 4.78 is 27.2. The number of aromatic nitrogens is 3. The molecule has 3 rings (SSSR count). The first-order chi connectivity index (χ1) is 12.3. The summed E-state index contributed by atoms with van der Waals surface area (Å²) in [5, 5.41) is 3.54. The number of nitrogens with zero attached hydrogens (tertiary/aromatic N) is 3. The minimum atomic E-state index is -4.17. The highest BCUT2D eigenvalue weighted by Crippen LogP contribution is 2.29. The van der Waals surface area contributed by atoms with Crippen LogP contribution in [-0.4, -0.2) is 29.4 Å². The first-order valence-electron chi connectivity index (χ1n) is 7.46. The Morgan fingerprint density at radius 2 is 1.62 bits per heavy atom. The number of rotatable bonds is 3. The van der Waals surface area contributed by atoms with Crippen molar-refractivity contribution in [1.29, 1.82) is 0 Å². The molecule has 10 heteroatoms. The number of anilines is 1. The molecule has 2 N–H and O–H groups in total. The van der Waals surface area contributed by atoms with Crippen LogP contribution < -0.4 is 10.0 Å². The molecule has 0 saturated carbocycles. The van der Waals surface area contributed by atoms with E-state index in [-0.39, 0.29) is 15.9 Å². The smallest absolute Gasteiger partial charge is 0.275 e. The number of sulfonamides is 1. The molecule has 0 aliphatic rings. The summed E-state index contributed by atoms with van der Waals surface area (Å²) in [4.78, 5) is 23.9. The van der Waals surface area contributed by atoms with Crippen molar-refractivity contribution in [1.82, 2.24) is 19.7 Å². The molecular formula is C16H14ClN5O3S. The maximum absolute atomic E-state index is 12.6. The maximum Gasteiger partial charge on any atom is 0.335 e. The fourth-order valence-corrected chi connectivity index (χ4v) is 3.96. The van der Waals surface area contributed by atoms with Gasteiger partial charge in [0.25, 0.3) is 10.0 Å². The van der Waals surface area contributed by atoms with Crippen LogP contribution >= 0.6 is 11.6 Å². The van der Waals surface area contributed by atoms with E-state index >= 15 is 0 Å². The normalized spacial score (nSPS) is 11.3. The second-order valence-corrected chi connectivity index (χ2v) is 7.47. The maximum atomic E-state index is 12.6. The van der Waals surface area contributed by atoms with E-state index in [1.165, 1.54) is 6.07 Å². The number of aryl methyl sites for hydroxylation is 2. The third-order valence-electron chi connectivity index (χ3n) is 3.42. The number of halogens is 1. The number of benzene rings is 2. The van der Waals surface area contributed by atoms with E-state index in [1.54, 1.807) is 44.2 Å². The van der Waals surface area contributed by atoms with Crippen LogP contribution in [0.15, 0.2) is 41.3 Å². The van der Waals surface area contributed by atoms with Crippen molar-refractivity contribution in [3.63, 3.8) is 0 Å². The first-order valence-corrected chi connectivity index (χ1v) is 9.33. The Labute approximate surface area is 154 Å². The molecule has 1 heterocycles. The molecule has 26 heavy (non-hydrogen) atoms. The molecule has 0 bridgehead atoms. The molecule has 0 aliphatic heterocycles. The standard InChI is InChI=1S/C16H14ClN5O3S/c1-9-18-10(2)20-15(19-9)21-16(23)22-26(24,25)13-8-4-6-11-5-3-7-12(17)14(11)13/h3-8H,1-2H3,(H2,18,19,20,21,22,23). The number of hydrogen-bond acceptors (Lipinski definition) is 6. The van der Waals surface area contributed by atoms with Crippen LogP contribution in [0.2, 0.25) is 5.02 Å². The van der Waals surface area contributed by atoms with Gasteiger partial charge >= 0.3 is 6.03 Å². The Kier molecular flexibility index (Phi) is 4.75. The zero-order chi connectivity index (χ0) is 18.9. The quantitative estimate of drug-likeness (QED) is 0.709. The summed E-state index contributed by atoms with van der Waals surface area (Å²) in [6, 6.07) is 8.73. The average Bonchev–Trinajstić information content (AvgIpc) is 2.53. The van der Waals surface area contributed by atoms with Crippen molar-refractivity contribution < 1.29 is 13.2 Å². The SMILES string of the molecule is Cc1nc(C)nc(NC(=O)NS(=O)(=O)c2cccc3cccc(Cl)c23)n1. The molecule has 134 valence electrons. The van der Waals surface area contributed by atoms with Gasteiger partial charge in [-0.05, 0) is 31.4 Å². The van der Waals surface area contributed by atoms with Gasteiger partial charge < -0.3 is 0 Å². The molecule has 0 aliphatic carbocycles. The molecule has 8 nitrogen and oxygen atoms in total. The number of carbonyl (C=O) groups is 1.